The van der Waals surface area contributed by atoms with Gasteiger partial charge in [0.2, 0.25) is 5.75 Å². The van der Waals surface area contributed by atoms with E-state index in [1.54, 1.807) is 17.6 Å². The first-order chi connectivity index (χ1) is 14.3. The zero-order chi connectivity index (χ0) is 21.5. The summed E-state index contributed by atoms with van der Waals surface area (Å²) in [5, 5.41) is 14.9. The van der Waals surface area contributed by atoms with Crippen LogP contribution in [0.4, 0.5) is 10.2 Å². The number of hydrogen-bond acceptors (Lipinski definition) is 7. The van der Waals surface area contributed by atoms with Crippen LogP contribution in [0.5, 0.6) is 5.75 Å². The number of anilines is 1. The monoisotopic (exact) mass is 429 g/mol. The molecule has 0 saturated heterocycles. The molecule has 30 heavy (non-hydrogen) atoms. The number of nitrogens with one attached hydrogen (secondary N) is 1. The lowest BCUT2D eigenvalue weighted by Crippen LogP contribution is -2.53. The normalized spacial score (nSPS) is 15.0. The van der Waals surface area contributed by atoms with Crippen molar-refractivity contribution in [1.82, 2.24) is 19.9 Å². The second-order valence-electron chi connectivity index (χ2n) is 7.46. The SMILES string of the molecule is CC1(C)c2nc(C(=O)NCc3ccc(F)cc3)c(O)c(=O)n2CCN1c1cscn1. The van der Waals surface area contributed by atoms with E-state index in [4.69, 9.17) is 0 Å². The summed E-state index contributed by atoms with van der Waals surface area (Å²) in [6.07, 6.45) is 0. The van der Waals surface area contributed by atoms with Gasteiger partial charge in [0.05, 0.1) is 11.0 Å². The Balaban J connectivity index is 1.66. The quantitative estimate of drug-likeness (QED) is 0.660. The molecule has 0 radical (unpaired) electrons. The van der Waals surface area contributed by atoms with Gasteiger partial charge in [-0.2, -0.15) is 0 Å². The number of hydrogen-bond donors (Lipinski definition) is 2. The number of halogens is 1. The Morgan fingerprint density at radius 2 is 2.03 bits per heavy atom. The molecule has 2 N–H and O–H groups in total. The average Bonchev–Trinajstić information content (AvgIpc) is 3.24. The first-order valence-corrected chi connectivity index (χ1v) is 10.3. The third-order valence-electron chi connectivity index (χ3n) is 5.19. The summed E-state index contributed by atoms with van der Waals surface area (Å²) >= 11 is 1.46. The molecule has 0 fully saturated rings. The first-order valence-electron chi connectivity index (χ1n) is 9.32. The van der Waals surface area contributed by atoms with Crippen LogP contribution in [0.1, 0.15) is 35.7 Å². The summed E-state index contributed by atoms with van der Waals surface area (Å²) in [6.45, 7) is 4.71. The summed E-state index contributed by atoms with van der Waals surface area (Å²) < 4.78 is 14.4. The molecular formula is C20H20FN5O3S. The zero-order valence-corrected chi connectivity index (χ0v) is 17.2. The maximum atomic E-state index is 13.0. The highest BCUT2D eigenvalue weighted by atomic mass is 32.1. The Kier molecular flexibility index (Phi) is 5.02. The summed E-state index contributed by atoms with van der Waals surface area (Å²) in [5.74, 6) is -0.608. The molecule has 4 rings (SSSR count). The van der Waals surface area contributed by atoms with Crippen molar-refractivity contribution in [3.8, 4) is 5.75 Å². The minimum atomic E-state index is -0.731. The van der Waals surface area contributed by atoms with Crippen LogP contribution in [-0.4, -0.2) is 32.1 Å². The Morgan fingerprint density at radius 1 is 1.30 bits per heavy atom. The van der Waals surface area contributed by atoms with Crippen LogP contribution in [0.25, 0.3) is 0 Å². The third-order valence-corrected chi connectivity index (χ3v) is 5.77. The highest BCUT2D eigenvalue weighted by Gasteiger charge is 2.39. The number of nitrogens with zero attached hydrogens (tertiary/aromatic N) is 4. The molecule has 3 aromatic rings. The highest BCUT2D eigenvalue weighted by Crippen LogP contribution is 2.34. The van der Waals surface area contributed by atoms with E-state index in [0.29, 0.717) is 24.5 Å². The Morgan fingerprint density at radius 3 is 2.70 bits per heavy atom. The maximum Gasteiger partial charge on any atom is 0.296 e. The summed E-state index contributed by atoms with van der Waals surface area (Å²) in [7, 11) is 0. The van der Waals surface area contributed by atoms with E-state index < -0.39 is 22.8 Å². The minimum absolute atomic E-state index is 0.104. The topological polar surface area (TPSA) is 100 Å². The fraction of sp³-hybridized carbons (Fsp3) is 0.300. The van der Waals surface area contributed by atoms with Crippen LogP contribution in [0.15, 0.2) is 40.0 Å². The maximum absolute atomic E-state index is 13.0. The largest absolute Gasteiger partial charge is 0.501 e. The van der Waals surface area contributed by atoms with Crippen molar-refractivity contribution < 1.29 is 14.3 Å². The minimum Gasteiger partial charge on any atom is -0.501 e. The molecule has 2 aromatic heterocycles. The number of benzene rings is 1. The van der Waals surface area contributed by atoms with Gasteiger partial charge in [-0.3, -0.25) is 14.2 Å². The molecule has 1 aliphatic heterocycles. The molecule has 3 heterocycles. The van der Waals surface area contributed by atoms with Crippen molar-refractivity contribution in [2.45, 2.75) is 32.5 Å². The van der Waals surface area contributed by atoms with Crippen LogP contribution >= 0.6 is 11.3 Å². The molecule has 1 amide bonds. The number of rotatable bonds is 4. The lowest BCUT2D eigenvalue weighted by molar-refractivity contribution is 0.0941. The number of aromatic nitrogens is 3. The van der Waals surface area contributed by atoms with E-state index in [-0.39, 0.29) is 18.1 Å². The highest BCUT2D eigenvalue weighted by molar-refractivity contribution is 7.07. The molecule has 0 spiro atoms. The van der Waals surface area contributed by atoms with Crippen LogP contribution in [0.2, 0.25) is 0 Å². The van der Waals surface area contributed by atoms with Gasteiger partial charge in [0, 0.05) is 25.0 Å². The number of aromatic hydroxyl groups is 1. The summed E-state index contributed by atoms with van der Waals surface area (Å²) in [5.41, 5.74) is 0.685. The standard InChI is InChI=1S/C20H20FN5O3S/c1-20(2)19-24-15(17(28)22-9-12-3-5-13(21)6-4-12)16(27)18(29)25(19)7-8-26(20)14-10-30-11-23-14/h3-6,10-11,27H,7-9H2,1-2H3,(H,22,28). The van der Waals surface area contributed by atoms with Crippen LogP contribution < -0.4 is 15.8 Å². The van der Waals surface area contributed by atoms with Crippen molar-refractivity contribution in [2.24, 2.45) is 0 Å². The third kappa shape index (κ3) is 3.43. The molecule has 156 valence electrons. The van der Waals surface area contributed by atoms with Gasteiger partial charge >= 0.3 is 0 Å². The van der Waals surface area contributed by atoms with Crippen LogP contribution in [-0.2, 0) is 18.6 Å². The molecule has 0 atom stereocenters. The van der Waals surface area contributed by atoms with E-state index in [0.717, 1.165) is 5.82 Å². The number of carbonyl (C=O) groups is 1. The summed E-state index contributed by atoms with van der Waals surface area (Å²) in [6, 6.07) is 5.66. The second-order valence-corrected chi connectivity index (χ2v) is 8.17. The Hall–Kier alpha value is -3.27. The van der Waals surface area contributed by atoms with Gasteiger partial charge in [-0.1, -0.05) is 12.1 Å². The number of fused-ring (bicyclic) bond motifs is 1. The Labute approximate surface area is 175 Å². The van der Waals surface area contributed by atoms with Gasteiger partial charge < -0.3 is 15.3 Å². The molecule has 0 aliphatic carbocycles. The molecule has 1 aromatic carbocycles. The van der Waals surface area contributed by atoms with Gasteiger partial charge in [-0.05, 0) is 31.5 Å². The van der Waals surface area contributed by atoms with Gasteiger partial charge in [0.1, 0.15) is 17.5 Å². The van der Waals surface area contributed by atoms with Crippen molar-refractivity contribution in [3.05, 3.63) is 68.4 Å². The van der Waals surface area contributed by atoms with Crippen molar-refractivity contribution >= 4 is 23.1 Å². The number of thiazole rings is 1. The van der Waals surface area contributed by atoms with Gasteiger partial charge in [0.25, 0.3) is 11.5 Å². The molecule has 8 nitrogen and oxygen atoms in total. The van der Waals surface area contributed by atoms with Crippen molar-refractivity contribution in [2.75, 3.05) is 11.4 Å². The molecule has 0 saturated carbocycles. The average molecular weight is 429 g/mol. The molecule has 1 aliphatic rings. The predicted molar refractivity (Wildman–Crippen MR) is 110 cm³/mol. The molecule has 0 unspecified atom stereocenters. The zero-order valence-electron chi connectivity index (χ0n) is 16.4. The van der Waals surface area contributed by atoms with E-state index in [9.17, 15) is 19.1 Å². The summed E-state index contributed by atoms with van der Waals surface area (Å²) in [4.78, 5) is 36.2. The fourth-order valence-corrected chi connectivity index (χ4v) is 4.13. The lowest BCUT2D eigenvalue weighted by Gasteiger charge is -2.43. The van der Waals surface area contributed by atoms with Gasteiger partial charge in [0.15, 0.2) is 5.69 Å². The van der Waals surface area contributed by atoms with E-state index in [1.165, 1.54) is 28.0 Å². The van der Waals surface area contributed by atoms with Crippen molar-refractivity contribution in [1.29, 1.82) is 0 Å². The second kappa shape index (κ2) is 7.52. The number of amides is 1. The predicted octanol–water partition coefficient (Wildman–Crippen LogP) is 2.23. The van der Waals surface area contributed by atoms with Crippen LogP contribution in [0.3, 0.4) is 0 Å². The van der Waals surface area contributed by atoms with E-state index in [1.807, 2.05) is 24.1 Å². The number of carbonyl (C=O) groups excluding carboxylic acids is 1. The first kappa shape index (κ1) is 20.0. The van der Waals surface area contributed by atoms with Gasteiger partial charge in [-0.25, -0.2) is 14.4 Å². The van der Waals surface area contributed by atoms with E-state index in [2.05, 4.69) is 15.3 Å². The van der Waals surface area contributed by atoms with E-state index >= 15 is 0 Å². The smallest absolute Gasteiger partial charge is 0.296 e. The molecule has 10 heteroatoms. The van der Waals surface area contributed by atoms with Crippen molar-refractivity contribution in [3.63, 3.8) is 0 Å². The molecule has 0 bridgehead atoms. The Bertz CT molecular complexity index is 1140. The van der Waals surface area contributed by atoms with Crippen LogP contribution in [0, 0.1) is 5.82 Å². The lowest BCUT2D eigenvalue weighted by atomic mass is 9.98. The fourth-order valence-electron chi connectivity index (χ4n) is 3.59. The molecular weight excluding hydrogens is 409 g/mol. The van der Waals surface area contributed by atoms with Gasteiger partial charge in [-0.15, -0.1) is 11.3 Å².